The van der Waals surface area contributed by atoms with Crippen molar-refractivity contribution in [2.75, 3.05) is 39.3 Å². The second kappa shape index (κ2) is 15.3. The molecule has 0 atom stereocenters. The standard InChI is InChI=1S/C43H44N4/c1-2-12-33(13-3-1)30-44-22-25-47(26-23-45-31-42-38-18-8-4-14-34(38)28-35-15-5-9-19-39(35)42)27-24-46-32-43-40-20-10-6-16-36(40)29-37-17-7-11-21-41(37)43/h1-21,28-29,44-46H,22-27,30-32H2. The summed E-state index contributed by atoms with van der Waals surface area (Å²) in [5.74, 6) is 0. The maximum atomic E-state index is 3.81. The van der Waals surface area contributed by atoms with Gasteiger partial charge in [0.1, 0.15) is 0 Å². The molecule has 7 aromatic carbocycles. The molecule has 0 saturated heterocycles. The van der Waals surface area contributed by atoms with E-state index < -0.39 is 0 Å². The smallest absolute Gasteiger partial charge is 0.0218 e. The predicted molar refractivity (Wildman–Crippen MR) is 201 cm³/mol. The third-order valence-electron chi connectivity index (χ3n) is 9.36. The van der Waals surface area contributed by atoms with Crippen molar-refractivity contribution in [3.63, 3.8) is 0 Å². The van der Waals surface area contributed by atoms with E-state index in [0.29, 0.717) is 0 Å². The highest BCUT2D eigenvalue weighted by Crippen LogP contribution is 2.29. The molecule has 0 radical (unpaired) electrons. The van der Waals surface area contributed by atoms with Crippen LogP contribution < -0.4 is 16.0 Å². The first-order valence-electron chi connectivity index (χ1n) is 17.0. The molecule has 3 N–H and O–H groups in total. The minimum absolute atomic E-state index is 0.856. The lowest BCUT2D eigenvalue weighted by Crippen LogP contribution is -2.40. The highest BCUT2D eigenvalue weighted by molar-refractivity contribution is 6.03. The van der Waals surface area contributed by atoms with Crippen LogP contribution in [0.3, 0.4) is 0 Å². The van der Waals surface area contributed by atoms with Crippen LogP contribution >= 0.6 is 0 Å². The lowest BCUT2D eigenvalue weighted by atomic mass is 9.97. The lowest BCUT2D eigenvalue weighted by Gasteiger charge is -2.23. The monoisotopic (exact) mass is 616 g/mol. The fraction of sp³-hybridized carbons (Fsp3) is 0.209. The Hall–Kier alpha value is -4.58. The number of hydrogen-bond donors (Lipinski definition) is 3. The van der Waals surface area contributed by atoms with E-state index in [1.807, 2.05) is 0 Å². The summed E-state index contributed by atoms with van der Waals surface area (Å²) in [5.41, 5.74) is 4.10. The van der Waals surface area contributed by atoms with Crippen LogP contribution in [0.15, 0.2) is 140 Å². The van der Waals surface area contributed by atoms with Crippen LogP contribution in [0.5, 0.6) is 0 Å². The van der Waals surface area contributed by atoms with Gasteiger partial charge < -0.3 is 16.0 Å². The fourth-order valence-corrected chi connectivity index (χ4v) is 6.90. The van der Waals surface area contributed by atoms with E-state index in [1.165, 1.54) is 59.8 Å². The minimum Gasteiger partial charge on any atom is -0.311 e. The van der Waals surface area contributed by atoms with Gasteiger partial charge in [-0.2, -0.15) is 0 Å². The molecule has 0 aliphatic heterocycles. The largest absolute Gasteiger partial charge is 0.311 e. The van der Waals surface area contributed by atoms with E-state index in [2.05, 4.69) is 160 Å². The molecule has 0 saturated carbocycles. The number of hydrogen-bond acceptors (Lipinski definition) is 4. The molecule has 0 heterocycles. The Balaban J connectivity index is 0.992. The number of nitrogens with one attached hydrogen (secondary N) is 3. The first-order chi connectivity index (χ1) is 23.3. The van der Waals surface area contributed by atoms with Crippen molar-refractivity contribution in [3.05, 3.63) is 156 Å². The van der Waals surface area contributed by atoms with Crippen LogP contribution in [0.1, 0.15) is 16.7 Å². The van der Waals surface area contributed by atoms with Gasteiger partial charge in [-0.05, 0) is 71.9 Å². The van der Waals surface area contributed by atoms with Crippen LogP contribution in [0.2, 0.25) is 0 Å². The molecule has 0 spiro atoms. The van der Waals surface area contributed by atoms with Crippen molar-refractivity contribution in [1.82, 2.24) is 20.9 Å². The van der Waals surface area contributed by atoms with Crippen molar-refractivity contribution in [3.8, 4) is 0 Å². The fourth-order valence-electron chi connectivity index (χ4n) is 6.90. The van der Waals surface area contributed by atoms with E-state index in [4.69, 9.17) is 0 Å². The molecule has 0 bridgehead atoms. The van der Waals surface area contributed by atoms with Gasteiger partial charge in [-0.15, -0.1) is 0 Å². The van der Waals surface area contributed by atoms with E-state index >= 15 is 0 Å². The lowest BCUT2D eigenvalue weighted by molar-refractivity contribution is 0.271. The van der Waals surface area contributed by atoms with E-state index in [1.54, 1.807) is 0 Å². The molecule has 0 fully saturated rings. The number of nitrogens with zero attached hydrogens (tertiary/aromatic N) is 1. The second-order valence-corrected chi connectivity index (χ2v) is 12.5. The molecule has 0 aliphatic carbocycles. The Kier molecular flexibility index (Phi) is 10.1. The zero-order valence-corrected chi connectivity index (χ0v) is 27.1. The third-order valence-corrected chi connectivity index (χ3v) is 9.36. The Morgan fingerprint density at radius 3 is 1.11 bits per heavy atom. The number of benzene rings is 7. The van der Waals surface area contributed by atoms with Gasteiger partial charge in [0.2, 0.25) is 0 Å². The van der Waals surface area contributed by atoms with Crippen LogP contribution in [-0.2, 0) is 19.6 Å². The summed E-state index contributed by atoms with van der Waals surface area (Å²) >= 11 is 0. The molecule has 4 nitrogen and oxygen atoms in total. The Labute approximate surface area is 278 Å². The molecular formula is C43H44N4. The molecule has 0 aliphatic rings. The Bertz CT molecular complexity index is 1840. The second-order valence-electron chi connectivity index (χ2n) is 12.5. The van der Waals surface area contributed by atoms with Crippen LogP contribution in [0.25, 0.3) is 43.1 Å². The molecule has 4 heteroatoms. The zero-order valence-electron chi connectivity index (χ0n) is 27.1. The van der Waals surface area contributed by atoms with Crippen molar-refractivity contribution in [2.24, 2.45) is 0 Å². The molecule has 47 heavy (non-hydrogen) atoms. The first kappa shape index (κ1) is 31.0. The SMILES string of the molecule is c1ccc(CNCCN(CCNCc2c3ccccc3cc3ccccc23)CCNCc2c3ccccc3cc3ccccc23)cc1. The van der Waals surface area contributed by atoms with Crippen molar-refractivity contribution in [1.29, 1.82) is 0 Å². The predicted octanol–water partition coefficient (Wildman–Crippen LogP) is 8.27. The molecule has 0 amide bonds. The van der Waals surface area contributed by atoms with Gasteiger partial charge in [-0.1, -0.05) is 127 Å². The molecule has 236 valence electrons. The third kappa shape index (κ3) is 7.54. The van der Waals surface area contributed by atoms with Gasteiger partial charge in [0, 0.05) is 58.9 Å². The summed E-state index contributed by atoms with van der Waals surface area (Å²) in [7, 11) is 0. The Morgan fingerprint density at radius 1 is 0.362 bits per heavy atom. The van der Waals surface area contributed by atoms with Gasteiger partial charge in [0.15, 0.2) is 0 Å². The quantitative estimate of drug-likeness (QED) is 0.0801. The summed E-state index contributed by atoms with van der Waals surface area (Å²) in [5, 5.41) is 21.9. The zero-order chi connectivity index (χ0) is 31.7. The highest BCUT2D eigenvalue weighted by atomic mass is 15.2. The summed E-state index contributed by atoms with van der Waals surface area (Å²) < 4.78 is 0. The maximum absolute atomic E-state index is 3.81. The normalized spacial score (nSPS) is 11.8. The number of fused-ring (bicyclic) bond motifs is 4. The summed E-state index contributed by atoms with van der Waals surface area (Å²) in [6.07, 6.45) is 0. The highest BCUT2D eigenvalue weighted by Gasteiger charge is 2.10. The van der Waals surface area contributed by atoms with Gasteiger partial charge in [-0.25, -0.2) is 0 Å². The van der Waals surface area contributed by atoms with Crippen LogP contribution in [0.4, 0.5) is 0 Å². The number of rotatable bonds is 15. The van der Waals surface area contributed by atoms with Crippen LogP contribution in [-0.4, -0.2) is 44.2 Å². The average Bonchev–Trinajstić information content (AvgIpc) is 3.12. The molecule has 0 aromatic heterocycles. The van der Waals surface area contributed by atoms with Crippen molar-refractivity contribution < 1.29 is 0 Å². The summed E-state index contributed by atoms with van der Waals surface area (Å²) in [6, 6.07) is 50.4. The molecule has 0 unspecified atom stereocenters. The Morgan fingerprint density at radius 2 is 0.702 bits per heavy atom. The molecule has 7 rings (SSSR count). The van der Waals surface area contributed by atoms with Gasteiger partial charge >= 0.3 is 0 Å². The van der Waals surface area contributed by atoms with Gasteiger partial charge in [0.05, 0.1) is 0 Å². The van der Waals surface area contributed by atoms with Crippen molar-refractivity contribution >= 4 is 43.1 Å². The first-order valence-corrected chi connectivity index (χ1v) is 17.0. The summed E-state index contributed by atoms with van der Waals surface area (Å²) in [4.78, 5) is 2.58. The van der Waals surface area contributed by atoms with Crippen molar-refractivity contribution in [2.45, 2.75) is 19.6 Å². The summed E-state index contributed by atoms with van der Waals surface area (Å²) in [6.45, 7) is 8.43. The van der Waals surface area contributed by atoms with E-state index in [9.17, 15) is 0 Å². The van der Waals surface area contributed by atoms with Gasteiger partial charge in [0.25, 0.3) is 0 Å². The van der Waals surface area contributed by atoms with E-state index in [-0.39, 0.29) is 0 Å². The topological polar surface area (TPSA) is 39.3 Å². The van der Waals surface area contributed by atoms with Crippen LogP contribution in [0, 0.1) is 0 Å². The van der Waals surface area contributed by atoms with Gasteiger partial charge in [-0.3, -0.25) is 4.90 Å². The minimum atomic E-state index is 0.856. The molecular weight excluding hydrogens is 573 g/mol. The van der Waals surface area contributed by atoms with E-state index in [0.717, 1.165) is 58.9 Å². The molecule has 7 aromatic rings. The maximum Gasteiger partial charge on any atom is 0.0218 e. The average molecular weight is 617 g/mol.